The maximum absolute atomic E-state index is 3.45. The van der Waals surface area contributed by atoms with Crippen LogP contribution < -0.4 is 5.32 Å². The molecule has 3 rings (SSSR count). The van der Waals surface area contributed by atoms with E-state index < -0.39 is 0 Å². The molecule has 1 saturated carbocycles. The van der Waals surface area contributed by atoms with Gasteiger partial charge in [0.25, 0.3) is 0 Å². The normalized spacial score (nSPS) is 39.5. The largest absolute Gasteiger partial charge is 0.317 e. The lowest BCUT2D eigenvalue weighted by atomic mass is 9.89. The number of piperidine rings is 1. The number of nitrogens with zero attached hydrogens (tertiary/aromatic N) is 2. The Hall–Kier alpha value is -0.120. The van der Waals surface area contributed by atoms with Crippen LogP contribution in [0.1, 0.15) is 44.9 Å². The van der Waals surface area contributed by atoms with Crippen LogP contribution in [0.2, 0.25) is 0 Å². The Kier molecular flexibility index (Phi) is 4.22. The van der Waals surface area contributed by atoms with Crippen LogP contribution in [0.15, 0.2) is 0 Å². The first kappa shape index (κ1) is 12.9. The van der Waals surface area contributed by atoms with E-state index in [0.717, 1.165) is 18.1 Å². The van der Waals surface area contributed by atoms with Crippen molar-refractivity contribution in [3.63, 3.8) is 0 Å². The third-order valence-electron chi connectivity index (χ3n) is 5.49. The van der Waals surface area contributed by atoms with Crippen molar-refractivity contribution < 1.29 is 0 Å². The quantitative estimate of drug-likeness (QED) is 0.806. The van der Waals surface area contributed by atoms with E-state index in [1.807, 2.05) is 0 Å². The van der Waals surface area contributed by atoms with E-state index in [4.69, 9.17) is 0 Å². The molecule has 104 valence electrons. The van der Waals surface area contributed by atoms with E-state index in [1.165, 1.54) is 71.1 Å². The summed E-state index contributed by atoms with van der Waals surface area (Å²) in [6.07, 6.45) is 9.93. The maximum atomic E-state index is 3.45. The fraction of sp³-hybridized carbons (Fsp3) is 1.00. The predicted molar refractivity (Wildman–Crippen MR) is 75.9 cm³/mol. The van der Waals surface area contributed by atoms with Crippen molar-refractivity contribution in [2.75, 3.05) is 33.2 Å². The molecule has 3 aliphatic rings. The third-order valence-corrected chi connectivity index (χ3v) is 5.49. The Morgan fingerprint density at radius 3 is 2.33 bits per heavy atom. The van der Waals surface area contributed by atoms with Gasteiger partial charge >= 0.3 is 0 Å². The summed E-state index contributed by atoms with van der Waals surface area (Å²) < 4.78 is 0. The molecule has 0 spiro atoms. The monoisotopic (exact) mass is 251 g/mol. The Balaban J connectivity index is 1.51. The number of nitrogens with one attached hydrogen (secondary N) is 1. The third kappa shape index (κ3) is 2.73. The summed E-state index contributed by atoms with van der Waals surface area (Å²) in [6.45, 7) is 5.38. The van der Waals surface area contributed by atoms with Gasteiger partial charge in [0, 0.05) is 37.8 Å². The summed E-state index contributed by atoms with van der Waals surface area (Å²) in [4.78, 5) is 5.57. The number of hydrogen-bond acceptors (Lipinski definition) is 3. The standard InChI is InChI=1S/C15H29N3/c1-16-13-5-7-14(8-6-13)18-11-10-17-9-3-2-4-15(17)12-18/h13-16H,2-12H2,1H3. The summed E-state index contributed by atoms with van der Waals surface area (Å²) in [5.74, 6) is 0. The molecule has 0 radical (unpaired) electrons. The summed E-state index contributed by atoms with van der Waals surface area (Å²) in [7, 11) is 2.12. The molecule has 18 heavy (non-hydrogen) atoms. The van der Waals surface area contributed by atoms with Crippen LogP contribution >= 0.6 is 0 Å². The van der Waals surface area contributed by atoms with Crippen molar-refractivity contribution in [3.05, 3.63) is 0 Å². The first-order chi connectivity index (χ1) is 8.86. The Labute approximate surface area is 112 Å². The highest BCUT2D eigenvalue weighted by atomic mass is 15.3. The van der Waals surface area contributed by atoms with Crippen molar-refractivity contribution in [1.29, 1.82) is 0 Å². The predicted octanol–water partition coefficient (Wildman–Crippen LogP) is 1.69. The number of rotatable bonds is 2. The molecule has 0 bridgehead atoms. The van der Waals surface area contributed by atoms with Gasteiger partial charge in [0.05, 0.1) is 0 Å². The van der Waals surface area contributed by atoms with Gasteiger partial charge in [-0.25, -0.2) is 0 Å². The highest BCUT2D eigenvalue weighted by Gasteiger charge is 2.33. The molecule has 1 aliphatic carbocycles. The highest BCUT2D eigenvalue weighted by molar-refractivity contribution is 4.90. The summed E-state index contributed by atoms with van der Waals surface area (Å²) >= 11 is 0. The van der Waals surface area contributed by atoms with Crippen molar-refractivity contribution >= 4 is 0 Å². The second-order valence-corrected chi connectivity index (χ2v) is 6.47. The fourth-order valence-corrected chi connectivity index (χ4v) is 4.24. The van der Waals surface area contributed by atoms with Gasteiger partial charge in [-0.15, -0.1) is 0 Å². The summed E-state index contributed by atoms with van der Waals surface area (Å²) in [6, 6.07) is 2.56. The topological polar surface area (TPSA) is 18.5 Å². The minimum Gasteiger partial charge on any atom is -0.317 e. The molecule has 0 amide bonds. The molecule has 3 fully saturated rings. The van der Waals surface area contributed by atoms with Crippen LogP contribution in [0.5, 0.6) is 0 Å². The van der Waals surface area contributed by atoms with Gasteiger partial charge in [0.15, 0.2) is 0 Å². The second kappa shape index (κ2) is 5.89. The van der Waals surface area contributed by atoms with Crippen molar-refractivity contribution in [3.8, 4) is 0 Å². The molecule has 1 atom stereocenters. The zero-order valence-electron chi connectivity index (χ0n) is 11.9. The van der Waals surface area contributed by atoms with Crippen LogP contribution in [0.4, 0.5) is 0 Å². The van der Waals surface area contributed by atoms with E-state index in [2.05, 4.69) is 22.2 Å². The van der Waals surface area contributed by atoms with Gasteiger partial charge in [0.2, 0.25) is 0 Å². The van der Waals surface area contributed by atoms with Crippen LogP contribution in [0.3, 0.4) is 0 Å². The van der Waals surface area contributed by atoms with E-state index in [0.29, 0.717) is 0 Å². The van der Waals surface area contributed by atoms with Gasteiger partial charge < -0.3 is 5.32 Å². The van der Waals surface area contributed by atoms with Gasteiger partial charge in [-0.2, -0.15) is 0 Å². The Bertz CT molecular complexity index is 260. The van der Waals surface area contributed by atoms with Gasteiger partial charge in [-0.3, -0.25) is 9.80 Å². The maximum Gasteiger partial charge on any atom is 0.0223 e. The minimum absolute atomic E-state index is 0.789. The first-order valence-corrected chi connectivity index (χ1v) is 8.02. The van der Waals surface area contributed by atoms with Gasteiger partial charge in [0.1, 0.15) is 0 Å². The molecule has 3 nitrogen and oxygen atoms in total. The molecular weight excluding hydrogens is 222 g/mol. The van der Waals surface area contributed by atoms with Gasteiger partial charge in [-0.1, -0.05) is 6.42 Å². The molecule has 3 heteroatoms. The molecule has 1 N–H and O–H groups in total. The summed E-state index contributed by atoms with van der Waals surface area (Å²) in [5.41, 5.74) is 0. The van der Waals surface area contributed by atoms with Crippen LogP contribution in [-0.4, -0.2) is 61.2 Å². The molecule has 2 aliphatic heterocycles. The van der Waals surface area contributed by atoms with Crippen molar-refractivity contribution in [2.24, 2.45) is 0 Å². The lowest BCUT2D eigenvalue weighted by Gasteiger charge is -2.47. The van der Waals surface area contributed by atoms with Gasteiger partial charge in [-0.05, 0) is 52.1 Å². The van der Waals surface area contributed by atoms with E-state index in [-0.39, 0.29) is 0 Å². The van der Waals surface area contributed by atoms with E-state index >= 15 is 0 Å². The molecule has 0 aromatic rings. The van der Waals surface area contributed by atoms with Crippen LogP contribution in [0, 0.1) is 0 Å². The lowest BCUT2D eigenvalue weighted by molar-refractivity contribution is 0.0165. The smallest absolute Gasteiger partial charge is 0.0223 e. The number of piperazine rings is 1. The molecule has 2 heterocycles. The minimum atomic E-state index is 0.789. The fourth-order valence-electron chi connectivity index (χ4n) is 4.24. The molecule has 1 unspecified atom stereocenters. The molecule has 0 aromatic heterocycles. The van der Waals surface area contributed by atoms with Crippen LogP contribution in [0.25, 0.3) is 0 Å². The van der Waals surface area contributed by atoms with Crippen molar-refractivity contribution in [1.82, 2.24) is 15.1 Å². The summed E-state index contributed by atoms with van der Waals surface area (Å²) in [5, 5.41) is 3.45. The lowest BCUT2D eigenvalue weighted by Crippen LogP contribution is -2.57. The average molecular weight is 251 g/mol. The van der Waals surface area contributed by atoms with Crippen LogP contribution in [-0.2, 0) is 0 Å². The van der Waals surface area contributed by atoms with E-state index in [1.54, 1.807) is 0 Å². The molecular formula is C15H29N3. The average Bonchev–Trinajstić information content (AvgIpc) is 2.47. The second-order valence-electron chi connectivity index (χ2n) is 6.47. The zero-order chi connectivity index (χ0) is 12.4. The SMILES string of the molecule is CNC1CCC(N2CCN3CCCCC3C2)CC1. The first-order valence-electron chi connectivity index (χ1n) is 8.02. The molecule has 0 aromatic carbocycles. The number of fused-ring (bicyclic) bond motifs is 1. The van der Waals surface area contributed by atoms with E-state index in [9.17, 15) is 0 Å². The van der Waals surface area contributed by atoms with Crippen molar-refractivity contribution in [2.45, 2.75) is 63.1 Å². The number of hydrogen-bond donors (Lipinski definition) is 1. The Morgan fingerprint density at radius 2 is 1.56 bits per heavy atom. The zero-order valence-corrected chi connectivity index (χ0v) is 11.9. The molecule has 2 saturated heterocycles. The highest BCUT2D eigenvalue weighted by Crippen LogP contribution is 2.27. The Morgan fingerprint density at radius 1 is 0.778 bits per heavy atom.